The third-order valence-corrected chi connectivity index (χ3v) is 2.90. The maximum Gasteiger partial charge on any atom is 0.154 e. The minimum Gasteiger partial charge on any atom is -0.332 e. The van der Waals surface area contributed by atoms with E-state index >= 15 is 0 Å². The van der Waals surface area contributed by atoms with Crippen molar-refractivity contribution >= 4 is 23.8 Å². The van der Waals surface area contributed by atoms with Gasteiger partial charge in [-0.2, -0.15) is 0 Å². The van der Waals surface area contributed by atoms with E-state index in [1.54, 1.807) is 6.34 Å². The Bertz CT molecular complexity index is 365. The molecule has 1 aromatic heterocycles. The van der Waals surface area contributed by atoms with E-state index < -0.39 is 0 Å². The fourth-order valence-electron chi connectivity index (χ4n) is 1.71. The first-order chi connectivity index (χ1) is 6.36. The van der Waals surface area contributed by atoms with Crippen molar-refractivity contribution in [2.75, 3.05) is 5.32 Å². The molecule has 2 aliphatic rings. The van der Waals surface area contributed by atoms with Gasteiger partial charge < -0.3 is 9.88 Å². The van der Waals surface area contributed by atoms with Gasteiger partial charge in [0.05, 0.1) is 6.34 Å². The summed E-state index contributed by atoms with van der Waals surface area (Å²) in [5, 5.41) is 3.15. The van der Waals surface area contributed by atoms with Crippen LogP contribution < -0.4 is 5.32 Å². The van der Waals surface area contributed by atoms with E-state index in [9.17, 15) is 0 Å². The SMILES string of the molecule is ClC1N=CNc2c1ccn2C1CC1. The lowest BCUT2D eigenvalue weighted by Crippen LogP contribution is -2.09. The van der Waals surface area contributed by atoms with Crippen LogP contribution in [0.1, 0.15) is 29.9 Å². The average Bonchev–Trinajstić information content (AvgIpc) is 2.87. The summed E-state index contributed by atoms with van der Waals surface area (Å²) in [6.07, 6.45) is 6.35. The molecule has 3 nitrogen and oxygen atoms in total. The van der Waals surface area contributed by atoms with E-state index in [1.807, 2.05) is 0 Å². The number of fused-ring (bicyclic) bond motifs is 1. The van der Waals surface area contributed by atoms with E-state index in [4.69, 9.17) is 11.6 Å². The van der Waals surface area contributed by atoms with Gasteiger partial charge >= 0.3 is 0 Å². The molecule has 0 aromatic carbocycles. The predicted octanol–water partition coefficient (Wildman–Crippen LogP) is 2.51. The Morgan fingerprint density at radius 3 is 3.15 bits per heavy atom. The Hall–Kier alpha value is -0.960. The van der Waals surface area contributed by atoms with Gasteiger partial charge in [-0.25, -0.2) is 0 Å². The topological polar surface area (TPSA) is 29.3 Å². The Labute approximate surface area is 81.4 Å². The third kappa shape index (κ3) is 1.07. The fraction of sp³-hybridized carbons (Fsp3) is 0.444. The monoisotopic (exact) mass is 195 g/mol. The molecular formula is C9H10ClN3. The number of aromatic nitrogens is 1. The normalized spacial score (nSPS) is 25.5. The van der Waals surface area contributed by atoms with Crippen LogP contribution in [0, 0.1) is 0 Å². The molecule has 2 heterocycles. The number of anilines is 1. The van der Waals surface area contributed by atoms with Gasteiger partial charge in [0.2, 0.25) is 0 Å². The second kappa shape index (κ2) is 2.51. The molecule has 3 rings (SSSR count). The summed E-state index contributed by atoms with van der Waals surface area (Å²) in [6, 6.07) is 2.74. The number of hydrogen-bond donors (Lipinski definition) is 1. The van der Waals surface area contributed by atoms with Crippen molar-refractivity contribution in [3.63, 3.8) is 0 Å². The Morgan fingerprint density at radius 2 is 2.38 bits per heavy atom. The number of rotatable bonds is 1. The van der Waals surface area contributed by atoms with Crippen LogP contribution in [-0.4, -0.2) is 10.9 Å². The zero-order valence-corrected chi connectivity index (χ0v) is 7.83. The molecular weight excluding hydrogens is 186 g/mol. The molecule has 0 saturated heterocycles. The molecule has 1 unspecified atom stereocenters. The van der Waals surface area contributed by atoms with Crippen molar-refractivity contribution in [3.05, 3.63) is 17.8 Å². The van der Waals surface area contributed by atoms with Crippen molar-refractivity contribution in [2.45, 2.75) is 24.4 Å². The second-order valence-corrected chi connectivity index (χ2v) is 3.93. The van der Waals surface area contributed by atoms with Crippen molar-refractivity contribution in [1.29, 1.82) is 0 Å². The van der Waals surface area contributed by atoms with Crippen LogP contribution in [0.25, 0.3) is 0 Å². The highest BCUT2D eigenvalue weighted by atomic mass is 35.5. The Morgan fingerprint density at radius 1 is 1.54 bits per heavy atom. The fourth-order valence-corrected chi connectivity index (χ4v) is 1.95. The number of halogens is 1. The number of nitrogens with zero attached hydrogens (tertiary/aromatic N) is 2. The van der Waals surface area contributed by atoms with E-state index in [0.29, 0.717) is 6.04 Å². The number of aliphatic imine (C=N–C) groups is 1. The molecule has 13 heavy (non-hydrogen) atoms. The molecule has 1 saturated carbocycles. The van der Waals surface area contributed by atoms with Gasteiger partial charge in [0, 0.05) is 17.8 Å². The summed E-state index contributed by atoms with van der Waals surface area (Å²) in [4.78, 5) is 4.08. The van der Waals surface area contributed by atoms with Gasteiger partial charge in [0.15, 0.2) is 5.50 Å². The number of alkyl halides is 1. The van der Waals surface area contributed by atoms with Crippen LogP contribution in [-0.2, 0) is 0 Å². The third-order valence-electron chi connectivity index (χ3n) is 2.55. The molecule has 1 fully saturated rings. The molecule has 1 aliphatic heterocycles. The van der Waals surface area contributed by atoms with Crippen molar-refractivity contribution in [1.82, 2.24) is 4.57 Å². The van der Waals surface area contributed by atoms with Gasteiger partial charge in [-0.3, -0.25) is 4.99 Å². The van der Waals surface area contributed by atoms with Gasteiger partial charge in [0.1, 0.15) is 5.82 Å². The lowest BCUT2D eigenvalue weighted by Gasteiger charge is -2.15. The van der Waals surface area contributed by atoms with Crippen LogP contribution >= 0.6 is 11.6 Å². The smallest absolute Gasteiger partial charge is 0.154 e. The molecule has 1 aromatic rings. The van der Waals surface area contributed by atoms with Crippen molar-refractivity contribution in [3.8, 4) is 0 Å². The number of hydrogen-bond acceptors (Lipinski definition) is 2. The molecule has 68 valence electrons. The maximum absolute atomic E-state index is 6.03. The number of nitrogens with one attached hydrogen (secondary N) is 1. The van der Waals surface area contributed by atoms with E-state index in [1.165, 1.54) is 12.8 Å². The van der Waals surface area contributed by atoms with Crippen LogP contribution in [0.2, 0.25) is 0 Å². The summed E-state index contributed by atoms with van der Waals surface area (Å²) >= 11 is 6.03. The van der Waals surface area contributed by atoms with E-state index in [0.717, 1.165) is 11.4 Å². The lowest BCUT2D eigenvalue weighted by atomic mass is 10.3. The zero-order valence-electron chi connectivity index (χ0n) is 7.07. The van der Waals surface area contributed by atoms with Crippen molar-refractivity contribution in [2.24, 2.45) is 4.99 Å². The van der Waals surface area contributed by atoms with E-state index in [2.05, 4.69) is 27.1 Å². The molecule has 0 spiro atoms. The molecule has 0 radical (unpaired) electrons. The van der Waals surface area contributed by atoms with Crippen LogP contribution in [0.15, 0.2) is 17.3 Å². The van der Waals surface area contributed by atoms with Gasteiger partial charge in [-0.15, -0.1) is 0 Å². The second-order valence-electron chi connectivity index (χ2n) is 3.52. The summed E-state index contributed by atoms with van der Waals surface area (Å²) in [5.41, 5.74) is 0.882. The first kappa shape index (κ1) is 7.44. The highest BCUT2D eigenvalue weighted by molar-refractivity contribution is 6.22. The van der Waals surface area contributed by atoms with E-state index in [-0.39, 0.29) is 5.50 Å². The molecule has 1 atom stereocenters. The van der Waals surface area contributed by atoms with Crippen LogP contribution in [0.3, 0.4) is 0 Å². The first-order valence-corrected chi connectivity index (χ1v) is 4.93. The average molecular weight is 196 g/mol. The molecule has 4 heteroatoms. The lowest BCUT2D eigenvalue weighted by molar-refractivity contribution is 0.753. The Balaban J connectivity index is 2.07. The van der Waals surface area contributed by atoms with Gasteiger partial charge in [-0.1, -0.05) is 11.6 Å². The van der Waals surface area contributed by atoms with Gasteiger partial charge in [-0.05, 0) is 18.9 Å². The van der Waals surface area contributed by atoms with Crippen molar-refractivity contribution < 1.29 is 0 Å². The first-order valence-electron chi connectivity index (χ1n) is 4.49. The zero-order chi connectivity index (χ0) is 8.84. The highest BCUT2D eigenvalue weighted by Crippen LogP contribution is 2.41. The highest BCUT2D eigenvalue weighted by Gasteiger charge is 2.28. The van der Waals surface area contributed by atoms with Crippen LogP contribution in [0.5, 0.6) is 0 Å². The summed E-state index contributed by atoms with van der Waals surface area (Å²) in [6.45, 7) is 0. The molecule has 0 amide bonds. The van der Waals surface area contributed by atoms with Gasteiger partial charge in [0.25, 0.3) is 0 Å². The summed E-state index contributed by atoms with van der Waals surface area (Å²) < 4.78 is 2.26. The summed E-state index contributed by atoms with van der Waals surface area (Å²) in [5.74, 6) is 1.12. The molecule has 1 aliphatic carbocycles. The summed E-state index contributed by atoms with van der Waals surface area (Å²) in [7, 11) is 0. The largest absolute Gasteiger partial charge is 0.332 e. The molecule has 1 N–H and O–H groups in total. The maximum atomic E-state index is 6.03. The minimum absolute atomic E-state index is 0.212. The quantitative estimate of drug-likeness (QED) is 0.542. The predicted molar refractivity (Wildman–Crippen MR) is 53.4 cm³/mol. The van der Waals surface area contributed by atoms with Crippen LogP contribution in [0.4, 0.5) is 5.82 Å². The minimum atomic E-state index is -0.212. The molecule has 0 bridgehead atoms. The standard InChI is InChI=1S/C9H10ClN3/c10-8-7-3-4-13(6-1-2-6)9(7)12-5-11-8/h3-6,8H,1-2H2,(H,11,12). The Kier molecular flexibility index (Phi) is 1.44.